The summed E-state index contributed by atoms with van der Waals surface area (Å²) in [6.07, 6.45) is 0.101. The molecule has 1 aromatic rings. The number of amides is 2. The lowest BCUT2D eigenvalue weighted by Gasteiger charge is -2.18. The van der Waals surface area contributed by atoms with Crippen LogP contribution in [0, 0.1) is 0 Å². The molecule has 7 heteroatoms. The van der Waals surface area contributed by atoms with E-state index >= 15 is 0 Å². The van der Waals surface area contributed by atoms with E-state index < -0.39 is 5.97 Å². The summed E-state index contributed by atoms with van der Waals surface area (Å²) < 4.78 is 4.76. The smallest absolute Gasteiger partial charge is 0.306 e. The highest BCUT2D eigenvalue weighted by atomic mass is 16.5. The molecule has 0 spiro atoms. The number of fused-ring (bicyclic) bond motifs is 1. The van der Waals surface area contributed by atoms with Gasteiger partial charge in [-0.2, -0.15) is 5.11 Å². The van der Waals surface area contributed by atoms with Gasteiger partial charge in [0.25, 0.3) is 5.91 Å². The number of azo groups is 1. The second kappa shape index (κ2) is 7.44. The first-order valence-corrected chi connectivity index (χ1v) is 7.08. The number of rotatable bonds is 6. The Labute approximate surface area is 127 Å². The van der Waals surface area contributed by atoms with Crippen LogP contribution < -0.4 is 5.32 Å². The summed E-state index contributed by atoms with van der Waals surface area (Å²) in [4.78, 5) is 34.5. The highest BCUT2D eigenvalue weighted by molar-refractivity contribution is 5.97. The van der Waals surface area contributed by atoms with Crippen molar-refractivity contribution in [2.45, 2.75) is 25.8 Å². The van der Waals surface area contributed by atoms with Crippen molar-refractivity contribution in [1.29, 1.82) is 0 Å². The van der Waals surface area contributed by atoms with E-state index in [0.29, 0.717) is 12.2 Å². The second-order valence-corrected chi connectivity index (χ2v) is 4.73. The summed E-state index contributed by atoms with van der Waals surface area (Å²) in [5, 5.41) is 10.2. The molecule has 0 radical (unpaired) electrons. The molecular formula is C15H17N3O4. The second-order valence-electron chi connectivity index (χ2n) is 4.73. The maximum Gasteiger partial charge on any atom is 0.306 e. The van der Waals surface area contributed by atoms with Gasteiger partial charge >= 0.3 is 5.97 Å². The number of esters is 1. The summed E-state index contributed by atoms with van der Waals surface area (Å²) >= 11 is 0. The summed E-state index contributed by atoms with van der Waals surface area (Å²) in [5.74, 6) is -1.04. The molecule has 2 amide bonds. The minimum Gasteiger partial charge on any atom is -0.466 e. The Hall–Kier alpha value is -2.57. The zero-order valence-electron chi connectivity index (χ0n) is 12.2. The van der Waals surface area contributed by atoms with Crippen LogP contribution in [-0.2, 0) is 14.3 Å². The molecule has 0 saturated carbocycles. The summed E-state index contributed by atoms with van der Waals surface area (Å²) in [7, 11) is 0. The first-order valence-electron chi connectivity index (χ1n) is 7.08. The van der Waals surface area contributed by atoms with Crippen molar-refractivity contribution in [2.75, 3.05) is 13.2 Å². The van der Waals surface area contributed by atoms with Crippen molar-refractivity contribution in [3.05, 3.63) is 35.4 Å². The maximum atomic E-state index is 11.7. The number of carbonyl (C=O) groups excluding carboxylic acids is 3. The molecule has 0 fully saturated rings. The molecule has 1 heterocycles. The largest absolute Gasteiger partial charge is 0.466 e. The molecule has 1 aliphatic rings. The monoisotopic (exact) mass is 303 g/mol. The molecule has 2 rings (SSSR count). The number of benzene rings is 1. The average molecular weight is 303 g/mol. The molecule has 1 unspecified atom stereocenters. The molecule has 0 saturated heterocycles. The molecule has 1 N–H and O–H groups in total. The standard InChI is InChI=1S/C15H17N3O4/c1-2-22-14(20)8-7-13(19)16-9-12-10-5-3-4-6-11(10)15(21)18-17-12/h3-6,12H,2,7-9H2,1H3,(H,16,19). The molecule has 7 nitrogen and oxygen atoms in total. The van der Waals surface area contributed by atoms with Gasteiger partial charge in [-0.15, -0.1) is 5.11 Å². The molecule has 0 bridgehead atoms. The fraction of sp³-hybridized carbons (Fsp3) is 0.400. The Balaban J connectivity index is 1.87. The molecule has 1 aromatic carbocycles. The Kier molecular flexibility index (Phi) is 5.35. The summed E-state index contributed by atoms with van der Waals surface area (Å²) in [6.45, 7) is 2.24. The number of hydrogen-bond donors (Lipinski definition) is 1. The van der Waals surface area contributed by atoms with Crippen LogP contribution >= 0.6 is 0 Å². The van der Waals surface area contributed by atoms with Crippen LogP contribution in [0.2, 0.25) is 0 Å². The predicted octanol–water partition coefficient (Wildman–Crippen LogP) is 1.79. The van der Waals surface area contributed by atoms with E-state index in [0.717, 1.165) is 5.56 Å². The predicted molar refractivity (Wildman–Crippen MR) is 77.2 cm³/mol. The number of nitrogens with one attached hydrogen (secondary N) is 1. The topological polar surface area (TPSA) is 97.2 Å². The van der Waals surface area contributed by atoms with Gasteiger partial charge in [0.1, 0.15) is 6.04 Å². The number of hydrogen-bond acceptors (Lipinski definition) is 5. The first-order chi connectivity index (χ1) is 10.6. The number of carbonyl (C=O) groups is 3. The Morgan fingerprint density at radius 1 is 1.27 bits per heavy atom. The van der Waals surface area contributed by atoms with Gasteiger partial charge in [-0.3, -0.25) is 14.4 Å². The quantitative estimate of drug-likeness (QED) is 0.810. The lowest BCUT2D eigenvalue weighted by molar-refractivity contribution is -0.144. The van der Waals surface area contributed by atoms with Gasteiger partial charge in [0, 0.05) is 18.5 Å². The molecule has 116 valence electrons. The number of nitrogens with zero attached hydrogens (tertiary/aromatic N) is 2. The van der Waals surface area contributed by atoms with Crippen molar-refractivity contribution in [1.82, 2.24) is 5.32 Å². The van der Waals surface area contributed by atoms with E-state index in [-0.39, 0.29) is 37.2 Å². The van der Waals surface area contributed by atoms with Crippen LogP contribution in [0.1, 0.15) is 41.7 Å². The van der Waals surface area contributed by atoms with Crippen LogP contribution in [0.15, 0.2) is 34.5 Å². The minimum atomic E-state index is -0.397. The van der Waals surface area contributed by atoms with E-state index in [1.807, 2.05) is 6.07 Å². The van der Waals surface area contributed by atoms with Gasteiger partial charge in [-0.25, -0.2) is 0 Å². The van der Waals surface area contributed by atoms with Crippen LogP contribution in [-0.4, -0.2) is 30.9 Å². The third-order valence-electron chi connectivity index (χ3n) is 3.19. The lowest BCUT2D eigenvalue weighted by atomic mass is 9.99. The Morgan fingerprint density at radius 3 is 2.82 bits per heavy atom. The van der Waals surface area contributed by atoms with Crippen molar-refractivity contribution in [2.24, 2.45) is 10.2 Å². The molecular weight excluding hydrogens is 286 g/mol. The third kappa shape index (κ3) is 3.97. The van der Waals surface area contributed by atoms with E-state index in [1.165, 1.54) is 0 Å². The van der Waals surface area contributed by atoms with Gasteiger partial charge in [-0.05, 0) is 18.6 Å². The van der Waals surface area contributed by atoms with Crippen molar-refractivity contribution < 1.29 is 19.1 Å². The van der Waals surface area contributed by atoms with Crippen molar-refractivity contribution >= 4 is 17.8 Å². The van der Waals surface area contributed by atoms with E-state index in [2.05, 4.69) is 15.5 Å². The molecule has 0 aliphatic carbocycles. The van der Waals surface area contributed by atoms with Gasteiger partial charge in [0.2, 0.25) is 5.91 Å². The first kappa shape index (κ1) is 15.8. The lowest BCUT2D eigenvalue weighted by Crippen LogP contribution is -2.29. The molecule has 1 aliphatic heterocycles. The van der Waals surface area contributed by atoms with E-state index in [4.69, 9.17) is 4.74 Å². The zero-order chi connectivity index (χ0) is 15.9. The van der Waals surface area contributed by atoms with Crippen molar-refractivity contribution in [3.63, 3.8) is 0 Å². The maximum absolute atomic E-state index is 11.7. The van der Waals surface area contributed by atoms with Crippen LogP contribution in [0.3, 0.4) is 0 Å². The fourth-order valence-electron chi connectivity index (χ4n) is 2.12. The molecule has 0 aromatic heterocycles. The van der Waals surface area contributed by atoms with Crippen LogP contribution in [0.25, 0.3) is 0 Å². The van der Waals surface area contributed by atoms with E-state index in [9.17, 15) is 14.4 Å². The van der Waals surface area contributed by atoms with Gasteiger partial charge in [0.15, 0.2) is 0 Å². The number of ether oxygens (including phenoxy) is 1. The average Bonchev–Trinajstić information content (AvgIpc) is 2.53. The van der Waals surface area contributed by atoms with Gasteiger partial charge in [-0.1, -0.05) is 18.2 Å². The van der Waals surface area contributed by atoms with E-state index in [1.54, 1.807) is 25.1 Å². The Morgan fingerprint density at radius 2 is 2.05 bits per heavy atom. The fourth-order valence-corrected chi connectivity index (χ4v) is 2.12. The van der Waals surface area contributed by atoms with Gasteiger partial charge in [0.05, 0.1) is 13.0 Å². The minimum absolute atomic E-state index is 0.0426. The summed E-state index contributed by atoms with van der Waals surface area (Å²) in [5.41, 5.74) is 1.25. The molecule has 22 heavy (non-hydrogen) atoms. The van der Waals surface area contributed by atoms with Crippen LogP contribution in [0.4, 0.5) is 0 Å². The highest BCUT2D eigenvalue weighted by Gasteiger charge is 2.23. The van der Waals surface area contributed by atoms with Crippen molar-refractivity contribution in [3.8, 4) is 0 Å². The van der Waals surface area contributed by atoms with Gasteiger partial charge < -0.3 is 10.1 Å². The van der Waals surface area contributed by atoms with Crippen LogP contribution in [0.5, 0.6) is 0 Å². The summed E-state index contributed by atoms with van der Waals surface area (Å²) in [6, 6.07) is 6.65. The SMILES string of the molecule is CCOC(=O)CCC(=O)NCC1N=NC(=O)c2ccccc21. The highest BCUT2D eigenvalue weighted by Crippen LogP contribution is 2.26. The molecule has 1 atom stereocenters. The normalized spacial score (nSPS) is 16.0. The Bertz CT molecular complexity index is 613. The zero-order valence-corrected chi connectivity index (χ0v) is 12.2. The third-order valence-corrected chi connectivity index (χ3v) is 3.19.